The van der Waals surface area contributed by atoms with E-state index in [4.69, 9.17) is 0 Å². The van der Waals surface area contributed by atoms with Crippen LogP contribution in [-0.2, 0) is 23.4 Å². The number of aromatic nitrogens is 2. The minimum absolute atomic E-state index is 0.276. The molecule has 5 nitrogen and oxygen atoms in total. The summed E-state index contributed by atoms with van der Waals surface area (Å²) in [5.74, 6) is 0.967. The Bertz CT molecular complexity index is 452. The molecule has 0 aromatic carbocycles. The van der Waals surface area contributed by atoms with Crippen LogP contribution in [0.15, 0.2) is 12.3 Å². The molecule has 16 heavy (non-hydrogen) atoms. The highest BCUT2D eigenvalue weighted by molar-refractivity contribution is 7.91. The second kappa shape index (κ2) is 4.55. The van der Waals surface area contributed by atoms with Crippen LogP contribution in [0.3, 0.4) is 0 Å². The summed E-state index contributed by atoms with van der Waals surface area (Å²) in [5.41, 5.74) is 1.11. The first-order valence-electron chi connectivity index (χ1n) is 5.45. The first-order chi connectivity index (χ1) is 7.57. The average molecular weight is 243 g/mol. The van der Waals surface area contributed by atoms with Crippen LogP contribution in [0.25, 0.3) is 0 Å². The number of hydrogen-bond acceptors (Lipinski definition) is 4. The highest BCUT2D eigenvalue weighted by Crippen LogP contribution is 2.17. The zero-order valence-corrected chi connectivity index (χ0v) is 10.2. The van der Waals surface area contributed by atoms with Gasteiger partial charge in [0.25, 0.3) is 0 Å². The Balaban J connectivity index is 1.75. The zero-order valence-electron chi connectivity index (χ0n) is 9.39. The van der Waals surface area contributed by atoms with Gasteiger partial charge in [0, 0.05) is 19.8 Å². The Morgan fingerprint density at radius 3 is 3.00 bits per heavy atom. The Kier molecular flexibility index (Phi) is 3.30. The maximum Gasteiger partial charge on any atom is 0.150 e. The molecule has 1 aromatic rings. The van der Waals surface area contributed by atoms with Gasteiger partial charge in [-0.1, -0.05) is 0 Å². The lowest BCUT2D eigenvalue weighted by Gasteiger charge is -2.09. The second-order valence-electron chi connectivity index (χ2n) is 4.35. The standard InChI is InChI=1S/C10H17N3O2S/c1-13-10(2-4-12-13)7-11-6-9-3-5-16(14,15)8-9/h2,4,9,11H,3,5-8H2,1H3. The molecule has 0 aliphatic carbocycles. The molecule has 1 saturated heterocycles. The molecular weight excluding hydrogens is 226 g/mol. The largest absolute Gasteiger partial charge is 0.311 e. The summed E-state index contributed by atoms with van der Waals surface area (Å²) in [6.45, 7) is 1.51. The Morgan fingerprint density at radius 2 is 2.44 bits per heavy atom. The molecule has 2 heterocycles. The third-order valence-electron chi connectivity index (χ3n) is 2.99. The fourth-order valence-electron chi connectivity index (χ4n) is 2.01. The summed E-state index contributed by atoms with van der Waals surface area (Å²) in [6, 6.07) is 1.96. The van der Waals surface area contributed by atoms with Gasteiger partial charge in [-0.2, -0.15) is 5.10 Å². The van der Waals surface area contributed by atoms with Gasteiger partial charge in [0.2, 0.25) is 0 Å². The van der Waals surface area contributed by atoms with Gasteiger partial charge >= 0.3 is 0 Å². The van der Waals surface area contributed by atoms with Crippen molar-refractivity contribution in [2.45, 2.75) is 13.0 Å². The van der Waals surface area contributed by atoms with E-state index < -0.39 is 9.84 Å². The predicted molar refractivity (Wildman–Crippen MR) is 61.7 cm³/mol. The van der Waals surface area contributed by atoms with E-state index in [0.29, 0.717) is 11.5 Å². The molecule has 6 heteroatoms. The van der Waals surface area contributed by atoms with Crippen molar-refractivity contribution in [3.63, 3.8) is 0 Å². The number of rotatable bonds is 4. The van der Waals surface area contributed by atoms with Gasteiger partial charge in [-0.3, -0.25) is 4.68 Å². The summed E-state index contributed by atoms with van der Waals surface area (Å²) >= 11 is 0. The van der Waals surface area contributed by atoms with E-state index in [1.165, 1.54) is 0 Å². The van der Waals surface area contributed by atoms with Crippen molar-refractivity contribution >= 4 is 9.84 Å². The van der Waals surface area contributed by atoms with Crippen molar-refractivity contribution in [1.82, 2.24) is 15.1 Å². The van der Waals surface area contributed by atoms with Crippen LogP contribution in [-0.4, -0.2) is 36.2 Å². The minimum atomic E-state index is -2.75. The molecule has 0 amide bonds. The van der Waals surface area contributed by atoms with Gasteiger partial charge < -0.3 is 5.32 Å². The summed E-state index contributed by atoms with van der Waals surface area (Å²) in [4.78, 5) is 0. The first-order valence-corrected chi connectivity index (χ1v) is 7.27. The Hall–Kier alpha value is -0.880. The van der Waals surface area contributed by atoms with E-state index in [1.807, 2.05) is 17.8 Å². The van der Waals surface area contributed by atoms with E-state index in [0.717, 1.165) is 25.2 Å². The lowest BCUT2D eigenvalue weighted by molar-refractivity contribution is 0.510. The van der Waals surface area contributed by atoms with E-state index in [-0.39, 0.29) is 5.92 Å². The molecule has 2 rings (SSSR count). The lowest BCUT2D eigenvalue weighted by Crippen LogP contribution is -2.24. The van der Waals surface area contributed by atoms with Crippen molar-refractivity contribution in [3.8, 4) is 0 Å². The molecule has 1 aliphatic rings. The summed E-state index contributed by atoms with van der Waals surface area (Å²) in [6.07, 6.45) is 2.55. The van der Waals surface area contributed by atoms with Crippen LogP contribution in [0.4, 0.5) is 0 Å². The minimum Gasteiger partial charge on any atom is -0.311 e. The number of nitrogens with zero attached hydrogens (tertiary/aromatic N) is 2. The van der Waals surface area contributed by atoms with Gasteiger partial charge in [0.1, 0.15) is 0 Å². The fraction of sp³-hybridized carbons (Fsp3) is 0.700. The van der Waals surface area contributed by atoms with Gasteiger partial charge in [0.05, 0.1) is 17.2 Å². The molecule has 0 radical (unpaired) electrons. The highest BCUT2D eigenvalue weighted by atomic mass is 32.2. The van der Waals surface area contributed by atoms with Crippen LogP contribution < -0.4 is 5.32 Å². The maximum absolute atomic E-state index is 11.2. The number of nitrogens with one attached hydrogen (secondary N) is 1. The van der Waals surface area contributed by atoms with Crippen LogP contribution >= 0.6 is 0 Å². The van der Waals surface area contributed by atoms with Crippen molar-refractivity contribution in [2.75, 3.05) is 18.1 Å². The van der Waals surface area contributed by atoms with Gasteiger partial charge in [-0.15, -0.1) is 0 Å². The van der Waals surface area contributed by atoms with Crippen LogP contribution in [0, 0.1) is 5.92 Å². The number of sulfone groups is 1. The summed E-state index contributed by atoms with van der Waals surface area (Å²) < 4.78 is 24.3. The zero-order chi connectivity index (χ0) is 11.6. The third-order valence-corrected chi connectivity index (χ3v) is 4.83. The molecule has 0 spiro atoms. The average Bonchev–Trinajstić information content (AvgIpc) is 2.74. The number of aryl methyl sites for hydroxylation is 1. The second-order valence-corrected chi connectivity index (χ2v) is 6.57. The number of hydrogen-bond donors (Lipinski definition) is 1. The van der Waals surface area contributed by atoms with E-state index in [2.05, 4.69) is 10.4 Å². The van der Waals surface area contributed by atoms with Crippen molar-refractivity contribution in [1.29, 1.82) is 0 Å². The normalized spacial score (nSPS) is 23.7. The highest BCUT2D eigenvalue weighted by Gasteiger charge is 2.27. The maximum atomic E-state index is 11.2. The smallest absolute Gasteiger partial charge is 0.150 e. The lowest BCUT2D eigenvalue weighted by atomic mass is 10.1. The van der Waals surface area contributed by atoms with E-state index in [1.54, 1.807) is 6.20 Å². The van der Waals surface area contributed by atoms with E-state index >= 15 is 0 Å². The SMILES string of the molecule is Cn1nccc1CNCC1CCS(=O)(=O)C1. The topological polar surface area (TPSA) is 64.0 Å². The van der Waals surface area contributed by atoms with Crippen molar-refractivity contribution in [2.24, 2.45) is 13.0 Å². The monoisotopic (exact) mass is 243 g/mol. The van der Waals surface area contributed by atoms with Gasteiger partial charge in [0.15, 0.2) is 9.84 Å². The third kappa shape index (κ3) is 2.82. The Labute approximate surface area is 95.8 Å². The van der Waals surface area contributed by atoms with Crippen LogP contribution in [0.5, 0.6) is 0 Å². The molecule has 0 bridgehead atoms. The molecule has 1 N–H and O–H groups in total. The molecule has 1 atom stereocenters. The molecule has 1 aromatic heterocycles. The van der Waals surface area contributed by atoms with Gasteiger partial charge in [-0.25, -0.2) is 8.42 Å². The molecule has 0 saturated carbocycles. The Morgan fingerprint density at radius 1 is 1.62 bits per heavy atom. The predicted octanol–water partition coefficient (Wildman–Crippen LogP) is -0.0556. The van der Waals surface area contributed by atoms with Crippen molar-refractivity contribution in [3.05, 3.63) is 18.0 Å². The first kappa shape index (κ1) is 11.6. The fourth-order valence-corrected chi connectivity index (χ4v) is 3.87. The van der Waals surface area contributed by atoms with Crippen LogP contribution in [0.1, 0.15) is 12.1 Å². The molecule has 1 fully saturated rings. The van der Waals surface area contributed by atoms with Crippen molar-refractivity contribution < 1.29 is 8.42 Å². The quantitative estimate of drug-likeness (QED) is 0.805. The molecule has 1 unspecified atom stereocenters. The summed E-state index contributed by atoms with van der Waals surface area (Å²) in [7, 11) is -0.846. The van der Waals surface area contributed by atoms with Crippen LogP contribution in [0.2, 0.25) is 0 Å². The van der Waals surface area contributed by atoms with E-state index in [9.17, 15) is 8.42 Å². The van der Waals surface area contributed by atoms with Gasteiger partial charge in [-0.05, 0) is 24.9 Å². The molecule has 1 aliphatic heterocycles. The molecule has 90 valence electrons. The summed E-state index contributed by atoms with van der Waals surface area (Å²) in [5, 5.41) is 7.35. The molecular formula is C10H17N3O2S.